The van der Waals surface area contributed by atoms with E-state index in [2.05, 4.69) is 13.0 Å². The molecule has 0 aliphatic heterocycles. The number of hydrogen-bond donors (Lipinski definition) is 1. The van der Waals surface area contributed by atoms with Gasteiger partial charge in [0, 0.05) is 17.9 Å². The van der Waals surface area contributed by atoms with Crippen molar-refractivity contribution in [3.05, 3.63) is 36.0 Å². The summed E-state index contributed by atoms with van der Waals surface area (Å²) in [5, 5.41) is 8.55. The van der Waals surface area contributed by atoms with E-state index < -0.39 is 11.9 Å². The zero-order chi connectivity index (χ0) is 18.2. The maximum Gasteiger partial charge on any atom is 0.303 e. The Labute approximate surface area is 145 Å². The van der Waals surface area contributed by atoms with Crippen LogP contribution in [0.4, 0.5) is 0 Å². The first kappa shape index (κ1) is 22.0. The number of Topliss-reactive ketones (excluding diaryl/α,β-unsaturated/α-hetero) is 1. The summed E-state index contributed by atoms with van der Waals surface area (Å²) < 4.78 is 0. The summed E-state index contributed by atoms with van der Waals surface area (Å²) >= 11 is 0. The molecule has 0 unspecified atom stereocenters. The van der Waals surface area contributed by atoms with Gasteiger partial charge in [0.15, 0.2) is 0 Å². The first-order valence-electron chi connectivity index (χ1n) is 8.72. The number of unbranched alkanes of at least 4 members (excludes halogenated alkanes) is 4. The number of carboxylic acids is 1. The highest BCUT2D eigenvalue weighted by Crippen LogP contribution is 2.16. The standard InChI is InChI=1S/C20H30O4/c1-3-4-5-6-7-11-14-19(17(2)22)18(16-21)13-10-8-9-12-15-20(23)24/h7-8,10-11,13,16,19H,3-6,9,12,14-15H2,1-2H3,(H,23,24)/b10-8+,11-7-,18-13-/t19-/m0/s1. The normalized spacial score (nSPS) is 13.5. The van der Waals surface area contributed by atoms with Crippen molar-refractivity contribution in [2.45, 2.75) is 65.2 Å². The average molecular weight is 334 g/mol. The van der Waals surface area contributed by atoms with Crippen molar-refractivity contribution in [3.8, 4) is 0 Å². The highest BCUT2D eigenvalue weighted by molar-refractivity contribution is 5.90. The number of carbonyl (C=O) groups excluding carboxylic acids is 2. The van der Waals surface area contributed by atoms with Crippen LogP contribution in [0, 0.1) is 5.92 Å². The molecule has 0 aliphatic rings. The van der Waals surface area contributed by atoms with Crippen molar-refractivity contribution >= 4 is 18.0 Å². The molecule has 0 amide bonds. The second-order valence-electron chi connectivity index (χ2n) is 5.86. The summed E-state index contributed by atoms with van der Waals surface area (Å²) in [6, 6.07) is 0. The van der Waals surface area contributed by atoms with Gasteiger partial charge in [-0.15, -0.1) is 0 Å². The maximum atomic E-state index is 11.8. The lowest BCUT2D eigenvalue weighted by molar-refractivity contribution is -0.137. The van der Waals surface area contributed by atoms with E-state index in [0.717, 1.165) is 19.1 Å². The molecule has 0 aromatic heterocycles. The smallest absolute Gasteiger partial charge is 0.303 e. The summed E-state index contributed by atoms with van der Waals surface area (Å²) in [7, 11) is 0. The summed E-state index contributed by atoms with van der Waals surface area (Å²) in [6.45, 7) is 3.66. The molecule has 24 heavy (non-hydrogen) atoms. The largest absolute Gasteiger partial charge is 0.481 e. The van der Waals surface area contributed by atoms with Gasteiger partial charge in [0.05, 0.1) is 0 Å². The van der Waals surface area contributed by atoms with Crippen LogP contribution in [0.15, 0.2) is 36.0 Å². The monoisotopic (exact) mass is 334 g/mol. The zero-order valence-electron chi connectivity index (χ0n) is 14.9. The molecule has 0 bridgehead atoms. The first-order chi connectivity index (χ1) is 11.5. The number of carbonyl (C=O) groups is 3. The van der Waals surface area contributed by atoms with Gasteiger partial charge in [-0.3, -0.25) is 14.4 Å². The predicted octanol–water partition coefficient (Wildman–Crippen LogP) is 4.65. The number of aldehydes is 1. The molecule has 1 N–H and O–H groups in total. The minimum Gasteiger partial charge on any atom is -0.481 e. The van der Waals surface area contributed by atoms with Gasteiger partial charge in [-0.1, -0.05) is 50.1 Å². The van der Waals surface area contributed by atoms with Crippen molar-refractivity contribution in [1.29, 1.82) is 0 Å². The summed E-state index contributed by atoms with van der Waals surface area (Å²) in [6.07, 6.45) is 16.4. The molecule has 0 heterocycles. The third-order valence-electron chi connectivity index (χ3n) is 3.73. The second kappa shape index (κ2) is 14.6. The number of carboxylic acid groups (broad SMARTS) is 1. The van der Waals surface area contributed by atoms with E-state index in [1.807, 2.05) is 12.2 Å². The lowest BCUT2D eigenvalue weighted by Gasteiger charge is -2.10. The molecule has 1 atom stereocenters. The minimum atomic E-state index is -0.810. The first-order valence-corrected chi connectivity index (χ1v) is 8.72. The predicted molar refractivity (Wildman–Crippen MR) is 96.8 cm³/mol. The molecule has 0 radical (unpaired) electrons. The fourth-order valence-electron chi connectivity index (χ4n) is 2.28. The Bertz CT molecular complexity index is 472. The van der Waals surface area contributed by atoms with E-state index in [0.29, 0.717) is 24.8 Å². The highest BCUT2D eigenvalue weighted by Gasteiger charge is 2.16. The molecule has 0 fully saturated rings. The van der Waals surface area contributed by atoms with E-state index in [1.54, 1.807) is 12.2 Å². The lowest BCUT2D eigenvalue weighted by Crippen LogP contribution is -2.14. The van der Waals surface area contributed by atoms with Gasteiger partial charge in [-0.05, 0) is 39.0 Å². The van der Waals surface area contributed by atoms with Crippen LogP contribution >= 0.6 is 0 Å². The number of rotatable bonds is 14. The number of ketones is 1. The molecular weight excluding hydrogens is 304 g/mol. The van der Waals surface area contributed by atoms with Crippen molar-refractivity contribution in [2.75, 3.05) is 0 Å². The van der Waals surface area contributed by atoms with Gasteiger partial charge < -0.3 is 5.11 Å². The second-order valence-corrected chi connectivity index (χ2v) is 5.86. The molecular formula is C20H30O4. The fourth-order valence-corrected chi connectivity index (χ4v) is 2.28. The molecule has 0 aromatic rings. The van der Waals surface area contributed by atoms with Crippen LogP contribution in [0.2, 0.25) is 0 Å². The van der Waals surface area contributed by atoms with Gasteiger partial charge in [-0.2, -0.15) is 0 Å². The molecule has 4 nitrogen and oxygen atoms in total. The highest BCUT2D eigenvalue weighted by atomic mass is 16.4. The van der Waals surface area contributed by atoms with Gasteiger partial charge in [-0.25, -0.2) is 0 Å². The molecule has 0 saturated heterocycles. The number of allylic oxidation sites excluding steroid dienone is 6. The third-order valence-corrected chi connectivity index (χ3v) is 3.73. The summed E-state index contributed by atoms with van der Waals surface area (Å²) in [5.41, 5.74) is 0.468. The van der Waals surface area contributed by atoms with E-state index >= 15 is 0 Å². The van der Waals surface area contributed by atoms with E-state index in [1.165, 1.54) is 19.8 Å². The molecule has 0 rings (SSSR count). The molecule has 4 heteroatoms. The molecule has 134 valence electrons. The van der Waals surface area contributed by atoms with Crippen LogP contribution < -0.4 is 0 Å². The van der Waals surface area contributed by atoms with Crippen LogP contribution in [0.3, 0.4) is 0 Å². The Hall–Kier alpha value is -1.97. The topological polar surface area (TPSA) is 71.4 Å². The van der Waals surface area contributed by atoms with Gasteiger partial charge in [0.1, 0.15) is 12.1 Å². The number of aliphatic carboxylic acids is 1. The number of hydrogen-bond acceptors (Lipinski definition) is 3. The molecule has 0 aromatic carbocycles. The van der Waals surface area contributed by atoms with Crippen LogP contribution in [0.1, 0.15) is 65.2 Å². The van der Waals surface area contributed by atoms with Crippen LogP contribution in [0.25, 0.3) is 0 Å². The van der Waals surface area contributed by atoms with Crippen molar-refractivity contribution in [1.82, 2.24) is 0 Å². The summed E-state index contributed by atoms with van der Waals surface area (Å²) in [5.74, 6) is -1.24. The van der Waals surface area contributed by atoms with Crippen molar-refractivity contribution in [3.63, 3.8) is 0 Å². The van der Waals surface area contributed by atoms with Crippen molar-refractivity contribution in [2.24, 2.45) is 5.92 Å². The van der Waals surface area contributed by atoms with Crippen LogP contribution in [-0.4, -0.2) is 23.1 Å². The molecule has 0 spiro atoms. The Morgan fingerprint density at radius 1 is 1.04 bits per heavy atom. The Kier molecular flexibility index (Phi) is 13.4. The zero-order valence-corrected chi connectivity index (χ0v) is 14.9. The third kappa shape index (κ3) is 11.6. The Balaban J connectivity index is 4.53. The van der Waals surface area contributed by atoms with Gasteiger partial charge >= 0.3 is 5.97 Å². The average Bonchev–Trinajstić information content (AvgIpc) is 2.54. The van der Waals surface area contributed by atoms with Gasteiger partial charge in [0.2, 0.25) is 0 Å². The Morgan fingerprint density at radius 2 is 1.75 bits per heavy atom. The summed E-state index contributed by atoms with van der Waals surface area (Å²) in [4.78, 5) is 33.5. The van der Waals surface area contributed by atoms with Crippen molar-refractivity contribution < 1.29 is 19.5 Å². The SMILES string of the molecule is CCCCC/C=C\C[C@@H](C(C)=O)/C(C=O)=C\C=C\CCCC(=O)O. The lowest BCUT2D eigenvalue weighted by atomic mass is 9.92. The quantitative estimate of drug-likeness (QED) is 0.165. The molecule has 0 aliphatic carbocycles. The van der Waals surface area contributed by atoms with Crippen LogP contribution in [-0.2, 0) is 14.4 Å². The van der Waals surface area contributed by atoms with Gasteiger partial charge in [0.25, 0.3) is 0 Å². The minimum absolute atomic E-state index is 0.0224. The fraction of sp³-hybridized carbons (Fsp3) is 0.550. The molecule has 0 saturated carbocycles. The van der Waals surface area contributed by atoms with Crippen LogP contribution in [0.5, 0.6) is 0 Å². The van der Waals surface area contributed by atoms with E-state index in [4.69, 9.17) is 5.11 Å². The van der Waals surface area contributed by atoms with E-state index in [9.17, 15) is 14.4 Å². The van der Waals surface area contributed by atoms with E-state index in [-0.39, 0.29) is 12.2 Å². The maximum absolute atomic E-state index is 11.8. The Morgan fingerprint density at radius 3 is 2.33 bits per heavy atom.